The lowest BCUT2D eigenvalue weighted by Gasteiger charge is -2.18. The van der Waals surface area contributed by atoms with E-state index in [9.17, 15) is 17.6 Å². The van der Waals surface area contributed by atoms with Crippen molar-refractivity contribution in [1.82, 2.24) is 0 Å². The van der Waals surface area contributed by atoms with Crippen LogP contribution in [0.15, 0.2) is 42.5 Å². The Bertz CT molecular complexity index is 656. The average molecular weight is 329 g/mol. The summed E-state index contributed by atoms with van der Waals surface area (Å²) in [5.41, 5.74) is 5.53. The summed E-state index contributed by atoms with van der Waals surface area (Å²) in [4.78, 5) is 0. The van der Waals surface area contributed by atoms with E-state index in [1.54, 1.807) is 0 Å². The van der Waals surface area contributed by atoms with Gasteiger partial charge in [-0.1, -0.05) is 6.07 Å². The van der Waals surface area contributed by atoms with Gasteiger partial charge in [-0.15, -0.1) is 0 Å². The molecule has 1 atom stereocenters. The molecule has 0 unspecified atom stereocenters. The number of nitrogens with two attached hydrogens (primary N) is 1. The fourth-order valence-electron chi connectivity index (χ4n) is 1.99. The van der Waals surface area contributed by atoms with Crippen LogP contribution < -0.4 is 15.2 Å². The third-order valence-corrected chi connectivity index (χ3v) is 3.22. The van der Waals surface area contributed by atoms with E-state index in [-0.39, 0.29) is 12.2 Å². The van der Waals surface area contributed by atoms with Gasteiger partial charge in [-0.2, -0.15) is 13.2 Å². The van der Waals surface area contributed by atoms with Crippen molar-refractivity contribution in [2.75, 3.05) is 7.11 Å². The molecule has 2 N–H and O–H groups in total. The topological polar surface area (TPSA) is 44.5 Å². The second kappa shape index (κ2) is 6.87. The molecule has 0 amide bonds. The van der Waals surface area contributed by atoms with Crippen LogP contribution in [0.25, 0.3) is 0 Å². The summed E-state index contributed by atoms with van der Waals surface area (Å²) in [5.74, 6) is 0.359. The monoisotopic (exact) mass is 329 g/mol. The van der Waals surface area contributed by atoms with Crippen molar-refractivity contribution >= 4 is 0 Å². The zero-order valence-electron chi connectivity index (χ0n) is 12.2. The van der Waals surface area contributed by atoms with Crippen molar-refractivity contribution < 1.29 is 27.0 Å². The minimum atomic E-state index is -4.54. The molecule has 0 aliphatic carbocycles. The highest BCUT2D eigenvalue weighted by atomic mass is 19.4. The third-order valence-electron chi connectivity index (χ3n) is 3.22. The second-order valence-electron chi connectivity index (χ2n) is 4.83. The van der Waals surface area contributed by atoms with Crippen LogP contribution in [0.5, 0.6) is 11.5 Å². The number of halogens is 4. The van der Waals surface area contributed by atoms with Crippen LogP contribution in [0.4, 0.5) is 17.6 Å². The molecule has 0 aliphatic heterocycles. The van der Waals surface area contributed by atoms with Crippen LogP contribution in [-0.4, -0.2) is 13.3 Å². The second-order valence-corrected chi connectivity index (χ2v) is 4.83. The number of hydrogen-bond acceptors (Lipinski definition) is 3. The maximum Gasteiger partial charge on any atom is 0.407 e. The first-order chi connectivity index (χ1) is 10.8. The van der Waals surface area contributed by atoms with E-state index in [0.29, 0.717) is 17.1 Å². The van der Waals surface area contributed by atoms with Gasteiger partial charge in [0.05, 0.1) is 7.11 Å². The van der Waals surface area contributed by atoms with Crippen molar-refractivity contribution in [3.63, 3.8) is 0 Å². The molecule has 2 rings (SSSR count). The largest absolute Gasteiger partial charge is 0.496 e. The Labute approximate surface area is 130 Å². The standard InChI is InChI=1S/C16H15F4NO2/c1-22-14-7-2-10(15(21)16(18,19)20)8-11(14)9-23-13-5-3-12(17)4-6-13/h2-8,15H,9,21H2,1H3/t15-/m0/s1. The Balaban J connectivity index is 2.20. The number of ether oxygens (including phenoxy) is 2. The molecule has 0 aromatic heterocycles. The van der Waals surface area contributed by atoms with Gasteiger partial charge in [0.1, 0.15) is 30.0 Å². The lowest BCUT2D eigenvalue weighted by atomic mass is 10.0. The van der Waals surface area contributed by atoms with Gasteiger partial charge in [0.15, 0.2) is 0 Å². The van der Waals surface area contributed by atoms with E-state index in [2.05, 4.69) is 0 Å². The average Bonchev–Trinajstić information content (AvgIpc) is 2.52. The number of methoxy groups -OCH3 is 1. The summed E-state index contributed by atoms with van der Waals surface area (Å²) in [6.07, 6.45) is -4.54. The Morgan fingerprint density at radius 2 is 1.74 bits per heavy atom. The van der Waals surface area contributed by atoms with Gasteiger partial charge in [0.25, 0.3) is 0 Å². The maximum absolute atomic E-state index is 12.8. The van der Waals surface area contributed by atoms with E-state index in [4.69, 9.17) is 15.2 Å². The highest BCUT2D eigenvalue weighted by Gasteiger charge is 2.38. The van der Waals surface area contributed by atoms with Crippen LogP contribution in [0.2, 0.25) is 0 Å². The minimum Gasteiger partial charge on any atom is -0.496 e. The summed E-state index contributed by atoms with van der Waals surface area (Å²) in [6, 6.07) is 7.17. The van der Waals surface area contributed by atoms with Crippen molar-refractivity contribution in [1.29, 1.82) is 0 Å². The number of alkyl halides is 3. The van der Waals surface area contributed by atoms with E-state index in [0.717, 1.165) is 0 Å². The van der Waals surface area contributed by atoms with Crippen LogP contribution in [0.3, 0.4) is 0 Å². The summed E-state index contributed by atoms with van der Waals surface area (Å²) < 4.78 is 61.5. The first-order valence-electron chi connectivity index (χ1n) is 6.68. The van der Waals surface area contributed by atoms with Gasteiger partial charge < -0.3 is 15.2 Å². The van der Waals surface area contributed by atoms with Crippen molar-refractivity contribution in [3.8, 4) is 11.5 Å². The zero-order chi connectivity index (χ0) is 17.0. The molecule has 124 valence electrons. The SMILES string of the molecule is COc1ccc([C@H](N)C(F)(F)F)cc1COc1ccc(F)cc1. The molecule has 0 saturated carbocycles. The van der Waals surface area contributed by atoms with Crippen molar-refractivity contribution in [2.24, 2.45) is 5.73 Å². The third kappa shape index (κ3) is 4.35. The molecule has 23 heavy (non-hydrogen) atoms. The number of rotatable bonds is 5. The molecule has 0 radical (unpaired) electrons. The fraction of sp³-hybridized carbons (Fsp3) is 0.250. The highest BCUT2D eigenvalue weighted by molar-refractivity contribution is 5.39. The molecule has 0 aliphatic rings. The Morgan fingerprint density at radius 1 is 1.09 bits per heavy atom. The molecule has 7 heteroatoms. The molecule has 0 spiro atoms. The molecule has 2 aromatic rings. The molecule has 0 heterocycles. The molecular weight excluding hydrogens is 314 g/mol. The highest BCUT2D eigenvalue weighted by Crippen LogP contribution is 2.33. The quantitative estimate of drug-likeness (QED) is 0.844. The van der Waals surface area contributed by atoms with E-state index >= 15 is 0 Å². The van der Waals surface area contributed by atoms with Crippen LogP contribution in [0, 0.1) is 5.82 Å². The van der Waals surface area contributed by atoms with Gasteiger partial charge in [-0.3, -0.25) is 0 Å². The van der Waals surface area contributed by atoms with Gasteiger partial charge in [0.2, 0.25) is 0 Å². The van der Waals surface area contributed by atoms with Crippen LogP contribution in [-0.2, 0) is 6.61 Å². The summed E-state index contributed by atoms with van der Waals surface area (Å²) in [6.45, 7) is -0.0345. The smallest absolute Gasteiger partial charge is 0.407 e. The van der Waals surface area contributed by atoms with Crippen LogP contribution >= 0.6 is 0 Å². The molecule has 0 saturated heterocycles. The molecular formula is C16H15F4NO2. The molecule has 3 nitrogen and oxygen atoms in total. The normalized spacial score (nSPS) is 12.8. The van der Waals surface area contributed by atoms with Gasteiger partial charge in [-0.05, 0) is 42.0 Å². The predicted octanol–water partition coefficient (Wildman–Crippen LogP) is 3.98. The number of hydrogen-bond donors (Lipinski definition) is 1. The van der Waals surface area contributed by atoms with E-state index in [1.165, 1.54) is 49.6 Å². The zero-order valence-corrected chi connectivity index (χ0v) is 12.2. The van der Waals surface area contributed by atoms with Gasteiger partial charge in [-0.25, -0.2) is 4.39 Å². The van der Waals surface area contributed by atoms with Crippen molar-refractivity contribution in [3.05, 3.63) is 59.4 Å². The summed E-state index contributed by atoms with van der Waals surface area (Å²) in [5, 5.41) is 0. The van der Waals surface area contributed by atoms with E-state index in [1.807, 2.05) is 0 Å². The summed E-state index contributed by atoms with van der Waals surface area (Å²) in [7, 11) is 1.40. The summed E-state index contributed by atoms with van der Waals surface area (Å²) >= 11 is 0. The lowest BCUT2D eigenvalue weighted by molar-refractivity contribution is -0.149. The first kappa shape index (κ1) is 17.1. The first-order valence-corrected chi connectivity index (χ1v) is 6.68. The lowest BCUT2D eigenvalue weighted by Crippen LogP contribution is -2.28. The Kier molecular flexibility index (Phi) is 5.10. The molecule has 2 aromatic carbocycles. The molecule has 0 fully saturated rings. The van der Waals surface area contributed by atoms with Crippen LogP contribution in [0.1, 0.15) is 17.2 Å². The minimum absolute atomic E-state index is 0.0345. The maximum atomic E-state index is 12.8. The molecule has 0 bridgehead atoms. The Hall–Kier alpha value is -2.28. The predicted molar refractivity (Wildman–Crippen MR) is 76.7 cm³/mol. The van der Waals surface area contributed by atoms with E-state index < -0.39 is 18.0 Å². The Morgan fingerprint density at radius 3 is 2.30 bits per heavy atom. The van der Waals surface area contributed by atoms with Gasteiger partial charge >= 0.3 is 6.18 Å². The van der Waals surface area contributed by atoms with Gasteiger partial charge in [0, 0.05) is 5.56 Å². The number of benzene rings is 2. The fourth-order valence-corrected chi connectivity index (χ4v) is 1.99. The van der Waals surface area contributed by atoms with Crippen molar-refractivity contribution in [2.45, 2.75) is 18.8 Å².